The molecule has 0 fully saturated rings. The summed E-state index contributed by atoms with van der Waals surface area (Å²) in [6.45, 7) is 0.0828. The first kappa shape index (κ1) is 20.2. The lowest BCUT2D eigenvalue weighted by molar-refractivity contribution is 0.0942. The quantitative estimate of drug-likeness (QED) is 0.485. The van der Waals surface area contributed by atoms with Crippen LogP contribution in [0.2, 0.25) is 0 Å². The first-order valence-corrected chi connectivity index (χ1v) is 9.52. The van der Waals surface area contributed by atoms with Gasteiger partial charge in [-0.3, -0.25) is 4.79 Å². The van der Waals surface area contributed by atoms with Crippen molar-refractivity contribution in [3.63, 3.8) is 0 Å². The maximum atomic E-state index is 13.3. The Kier molecular flexibility index (Phi) is 5.70. The number of benzene rings is 2. The number of hydrogen-bond donors (Lipinski definition) is 2. The second-order valence-electron chi connectivity index (χ2n) is 6.94. The molecule has 4 aromatic rings. The summed E-state index contributed by atoms with van der Waals surface area (Å²) in [6.07, 6.45) is 5.16. The number of carbonyl (C=O) groups excluding carboxylic acids is 1. The second kappa shape index (κ2) is 8.74. The van der Waals surface area contributed by atoms with E-state index in [2.05, 4.69) is 20.6 Å². The summed E-state index contributed by atoms with van der Waals surface area (Å²) in [5.41, 5.74) is 3.32. The fourth-order valence-corrected chi connectivity index (χ4v) is 3.06. The van der Waals surface area contributed by atoms with Gasteiger partial charge in [0.05, 0.1) is 0 Å². The van der Waals surface area contributed by atoms with Crippen molar-refractivity contribution in [2.75, 3.05) is 5.32 Å². The Labute approximate surface area is 177 Å². The summed E-state index contributed by atoms with van der Waals surface area (Å²) in [5.74, 6) is -1.73. The van der Waals surface area contributed by atoms with Gasteiger partial charge in [0.15, 0.2) is 11.6 Å². The highest BCUT2D eigenvalue weighted by atomic mass is 19.2. The van der Waals surface area contributed by atoms with Gasteiger partial charge in [-0.1, -0.05) is 24.3 Å². The maximum absolute atomic E-state index is 13.3. The Hall–Kier alpha value is -4.07. The second-order valence-corrected chi connectivity index (χ2v) is 6.94. The smallest absolute Gasteiger partial charge is 0.268 e. The molecule has 0 bridgehead atoms. The summed E-state index contributed by atoms with van der Waals surface area (Å²) >= 11 is 0. The van der Waals surface area contributed by atoms with Gasteiger partial charge in [-0.15, -0.1) is 0 Å². The molecule has 8 heteroatoms. The van der Waals surface area contributed by atoms with Crippen molar-refractivity contribution < 1.29 is 13.6 Å². The largest absolute Gasteiger partial charge is 0.347 e. The lowest BCUT2D eigenvalue weighted by Gasteiger charge is -2.06. The number of aryl methyl sites for hydroxylation is 1. The molecule has 0 spiro atoms. The highest BCUT2D eigenvalue weighted by molar-refractivity contribution is 5.94. The molecule has 2 heterocycles. The minimum atomic E-state index is -0.946. The molecule has 156 valence electrons. The molecule has 31 heavy (non-hydrogen) atoms. The van der Waals surface area contributed by atoms with Crippen LogP contribution in [0, 0.1) is 11.6 Å². The van der Waals surface area contributed by atoms with Crippen LogP contribution in [-0.4, -0.2) is 20.4 Å². The normalized spacial score (nSPS) is 10.7. The molecule has 0 radical (unpaired) electrons. The number of halogens is 2. The number of amides is 1. The van der Waals surface area contributed by atoms with Crippen LogP contribution in [0.15, 0.2) is 73.2 Å². The Morgan fingerprint density at radius 2 is 1.71 bits per heavy atom. The van der Waals surface area contributed by atoms with Crippen LogP contribution >= 0.6 is 0 Å². The Morgan fingerprint density at radius 3 is 2.42 bits per heavy atom. The number of nitrogens with one attached hydrogen (secondary N) is 2. The minimum absolute atomic E-state index is 0.0828. The number of nitrogens with zero attached hydrogens (tertiary/aromatic N) is 3. The molecular formula is C23H19F2N5O. The van der Waals surface area contributed by atoms with Gasteiger partial charge in [0, 0.05) is 49.0 Å². The van der Waals surface area contributed by atoms with Crippen LogP contribution in [0.3, 0.4) is 0 Å². The van der Waals surface area contributed by atoms with Gasteiger partial charge in [0.1, 0.15) is 5.69 Å². The number of rotatable bonds is 6. The van der Waals surface area contributed by atoms with Gasteiger partial charge >= 0.3 is 0 Å². The van der Waals surface area contributed by atoms with Crippen molar-refractivity contribution in [1.82, 2.24) is 19.9 Å². The molecule has 0 saturated carbocycles. The van der Waals surface area contributed by atoms with Crippen molar-refractivity contribution in [1.29, 1.82) is 0 Å². The van der Waals surface area contributed by atoms with E-state index in [9.17, 15) is 13.6 Å². The summed E-state index contributed by atoms with van der Waals surface area (Å²) in [5, 5.41) is 5.83. The molecule has 0 aliphatic heterocycles. The van der Waals surface area contributed by atoms with Crippen LogP contribution in [0.25, 0.3) is 11.1 Å². The lowest BCUT2D eigenvalue weighted by atomic mass is 10.2. The summed E-state index contributed by atoms with van der Waals surface area (Å²) < 4.78 is 28.0. The topological polar surface area (TPSA) is 71.8 Å². The van der Waals surface area contributed by atoms with E-state index in [4.69, 9.17) is 0 Å². The summed E-state index contributed by atoms with van der Waals surface area (Å²) in [6, 6.07) is 14.8. The van der Waals surface area contributed by atoms with Crippen molar-refractivity contribution >= 4 is 17.5 Å². The van der Waals surface area contributed by atoms with Crippen LogP contribution in [0.4, 0.5) is 20.4 Å². The van der Waals surface area contributed by atoms with Crippen LogP contribution in [-0.2, 0) is 13.6 Å². The number of carbonyl (C=O) groups is 1. The molecule has 1 amide bonds. The van der Waals surface area contributed by atoms with Crippen LogP contribution in [0.1, 0.15) is 16.1 Å². The molecule has 4 rings (SSSR count). The minimum Gasteiger partial charge on any atom is -0.347 e. The van der Waals surface area contributed by atoms with Gasteiger partial charge in [-0.05, 0) is 35.9 Å². The average Bonchev–Trinajstić information content (AvgIpc) is 3.17. The first-order valence-electron chi connectivity index (χ1n) is 9.52. The highest BCUT2D eigenvalue weighted by Gasteiger charge is 2.14. The van der Waals surface area contributed by atoms with Crippen LogP contribution < -0.4 is 10.6 Å². The van der Waals surface area contributed by atoms with E-state index in [1.54, 1.807) is 36.3 Å². The van der Waals surface area contributed by atoms with Gasteiger partial charge < -0.3 is 15.2 Å². The molecule has 0 aliphatic carbocycles. The zero-order valence-electron chi connectivity index (χ0n) is 16.6. The monoisotopic (exact) mass is 419 g/mol. The fraction of sp³-hybridized carbons (Fsp3) is 0.0870. The van der Waals surface area contributed by atoms with E-state index in [0.29, 0.717) is 17.2 Å². The van der Waals surface area contributed by atoms with E-state index in [1.807, 2.05) is 30.3 Å². The van der Waals surface area contributed by atoms with E-state index in [-0.39, 0.29) is 12.5 Å². The van der Waals surface area contributed by atoms with Gasteiger partial charge in [-0.25, -0.2) is 18.7 Å². The van der Waals surface area contributed by atoms with Gasteiger partial charge in [0.2, 0.25) is 5.95 Å². The van der Waals surface area contributed by atoms with E-state index >= 15 is 0 Å². The Bertz CT molecular complexity index is 1210. The predicted molar refractivity (Wildman–Crippen MR) is 114 cm³/mol. The molecule has 2 N–H and O–H groups in total. The SMILES string of the molecule is Cn1cc(-c2cnc(Nc3ccccc3)nc2)cc1C(=O)NCc1ccc(F)c(F)c1. The first-order chi connectivity index (χ1) is 15.0. The van der Waals surface area contributed by atoms with Crippen molar-refractivity contribution in [2.24, 2.45) is 7.05 Å². The zero-order chi connectivity index (χ0) is 21.8. The fourth-order valence-electron chi connectivity index (χ4n) is 3.06. The number of anilines is 2. The van der Waals surface area contributed by atoms with Gasteiger partial charge in [-0.2, -0.15) is 0 Å². The van der Waals surface area contributed by atoms with Crippen LogP contribution in [0.5, 0.6) is 0 Å². The van der Waals surface area contributed by atoms with Crippen molar-refractivity contribution in [2.45, 2.75) is 6.54 Å². The third-order valence-electron chi connectivity index (χ3n) is 4.69. The van der Waals surface area contributed by atoms with E-state index in [0.717, 1.165) is 28.9 Å². The van der Waals surface area contributed by atoms with Crippen molar-refractivity contribution in [3.8, 4) is 11.1 Å². The van der Waals surface area contributed by atoms with Crippen molar-refractivity contribution in [3.05, 3.63) is 96.1 Å². The Balaban J connectivity index is 1.44. The molecule has 0 unspecified atom stereocenters. The number of para-hydroxylation sites is 1. The average molecular weight is 419 g/mol. The number of hydrogen-bond acceptors (Lipinski definition) is 4. The van der Waals surface area contributed by atoms with E-state index in [1.165, 1.54) is 6.07 Å². The predicted octanol–water partition coefficient (Wildman–Crippen LogP) is 4.43. The number of aromatic nitrogens is 3. The highest BCUT2D eigenvalue weighted by Crippen LogP contribution is 2.22. The standard InChI is InChI=1S/C23H19F2N5O/c1-30-14-16(17-12-27-23(28-13-17)29-18-5-3-2-4-6-18)10-21(30)22(31)26-11-15-7-8-19(24)20(25)9-15/h2-10,12-14H,11H2,1H3,(H,26,31)(H,27,28,29). The summed E-state index contributed by atoms with van der Waals surface area (Å²) in [7, 11) is 1.75. The third-order valence-corrected chi connectivity index (χ3v) is 4.69. The Morgan fingerprint density at radius 1 is 0.968 bits per heavy atom. The van der Waals surface area contributed by atoms with E-state index < -0.39 is 11.6 Å². The molecule has 0 aliphatic rings. The summed E-state index contributed by atoms with van der Waals surface area (Å²) in [4.78, 5) is 21.2. The molecule has 0 atom stereocenters. The molecule has 6 nitrogen and oxygen atoms in total. The molecule has 2 aromatic carbocycles. The molecule has 0 saturated heterocycles. The third kappa shape index (κ3) is 4.75. The maximum Gasteiger partial charge on any atom is 0.268 e. The zero-order valence-corrected chi connectivity index (χ0v) is 16.6. The molecule has 2 aromatic heterocycles. The molecular weight excluding hydrogens is 400 g/mol. The lowest BCUT2D eigenvalue weighted by Crippen LogP contribution is -2.24. The van der Waals surface area contributed by atoms with Gasteiger partial charge in [0.25, 0.3) is 5.91 Å².